The fourth-order valence-electron chi connectivity index (χ4n) is 3.31. The lowest BCUT2D eigenvalue weighted by Gasteiger charge is -2.42. The van der Waals surface area contributed by atoms with Crippen molar-refractivity contribution < 1.29 is 4.42 Å². The Morgan fingerprint density at radius 3 is 2.61 bits per heavy atom. The second-order valence-corrected chi connectivity index (χ2v) is 6.81. The normalized spacial score (nSPS) is 27.1. The smallest absolute Gasteiger partial charge is 0.0950 e. The third-order valence-corrected chi connectivity index (χ3v) is 4.39. The molecule has 0 saturated heterocycles. The fraction of sp³-hybridized carbons (Fsp3) is 0.750. The molecule has 18 heavy (non-hydrogen) atoms. The standard InChI is InChI=1S/C16H27NO/c1-12(13-9-10-18-11-13)17-15-8-6-5-7-14(15)16(2,3)4/h9-12,14-15,17H,5-8H2,1-4H3. The van der Waals surface area contributed by atoms with Gasteiger partial charge in [0.15, 0.2) is 0 Å². The van der Waals surface area contributed by atoms with Crippen LogP contribution in [-0.2, 0) is 0 Å². The van der Waals surface area contributed by atoms with Crippen molar-refractivity contribution in [1.82, 2.24) is 5.32 Å². The van der Waals surface area contributed by atoms with Crippen LogP contribution in [0, 0.1) is 11.3 Å². The maximum absolute atomic E-state index is 5.18. The minimum absolute atomic E-state index is 0.386. The van der Waals surface area contributed by atoms with Crippen molar-refractivity contribution >= 4 is 0 Å². The summed E-state index contributed by atoms with van der Waals surface area (Å²) in [7, 11) is 0. The number of hydrogen-bond donors (Lipinski definition) is 1. The Hall–Kier alpha value is -0.760. The molecular weight excluding hydrogens is 222 g/mol. The highest BCUT2D eigenvalue weighted by Crippen LogP contribution is 2.38. The molecule has 3 atom stereocenters. The van der Waals surface area contributed by atoms with Gasteiger partial charge in [-0.15, -0.1) is 0 Å². The van der Waals surface area contributed by atoms with Gasteiger partial charge in [-0.2, -0.15) is 0 Å². The molecule has 3 unspecified atom stereocenters. The van der Waals surface area contributed by atoms with Crippen molar-refractivity contribution in [2.45, 2.75) is 65.5 Å². The molecular formula is C16H27NO. The van der Waals surface area contributed by atoms with E-state index < -0.39 is 0 Å². The van der Waals surface area contributed by atoms with Crippen molar-refractivity contribution in [3.05, 3.63) is 24.2 Å². The molecule has 2 nitrogen and oxygen atoms in total. The van der Waals surface area contributed by atoms with Gasteiger partial charge in [0.2, 0.25) is 0 Å². The topological polar surface area (TPSA) is 25.2 Å². The third kappa shape index (κ3) is 3.17. The van der Waals surface area contributed by atoms with E-state index in [-0.39, 0.29) is 0 Å². The first-order valence-corrected chi connectivity index (χ1v) is 7.26. The number of hydrogen-bond acceptors (Lipinski definition) is 2. The first-order chi connectivity index (χ1) is 8.48. The van der Waals surface area contributed by atoms with Crippen LogP contribution in [0.5, 0.6) is 0 Å². The van der Waals surface area contributed by atoms with Crippen LogP contribution in [0.1, 0.15) is 65.0 Å². The summed E-state index contributed by atoms with van der Waals surface area (Å²) in [5.74, 6) is 0.778. The fourth-order valence-corrected chi connectivity index (χ4v) is 3.31. The molecule has 102 valence electrons. The predicted molar refractivity (Wildman–Crippen MR) is 75.5 cm³/mol. The Labute approximate surface area is 111 Å². The van der Waals surface area contributed by atoms with Crippen molar-refractivity contribution in [2.75, 3.05) is 0 Å². The van der Waals surface area contributed by atoms with Crippen LogP contribution in [0.2, 0.25) is 0 Å². The SMILES string of the molecule is CC(NC1CCCCC1C(C)(C)C)c1ccoc1. The van der Waals surface area contributed by atoms with E-state index in [0.29, 0.717) is 17.5 Å². The quantitative estimate of drug-likeness (QED) is 0.851. The molecule has 0 spiro atoms. The van der Waals surface area contributed by atoms with Gasteiger partial charge in [-0.3, -0.25) is 0 Å². The van der Waals surface area contributed by atoms with Gasteiger partial charge in [0.05, 0.1) is 12.5 Å². The van der Waals surface area contributed by atoms with E-state index in [0.717, 1.165) is 5.92 Å². The van der Waals surface area contributed by atoms with Gasteiger partial charge in [-0.05, 0) is 37.2 Å². The van der Waals surface area contributed by atoms with Crippen LogP contribution in [0.4, 0.5) is 0 Å². The Kier molecular flexibility index (Phi) is 4.16. The third-order valence-electron chi connectivity index (χ3n) is 4.39. The highest BCUT2D eigenvalue weighted by molar-refractivity contribution is 5.11. The molecule has 0 aromatic carbocycles. The highest BCUT2D eigenvalue weighted by atomic mass is 16.3. The van der Waals surface area contributed by atoms with Crippen molar-refractivity contribution in [1.29, 1.82) is 0 Å². The zero-order valence-electron chi connectivity index (χ0n) is 12.2. The van der Waals surface area contributed by atoms with Gasteiger partial charge < -0.3 is 9.73 Å². The predicted octanol–water partition coefficient (Wildman–Crippen LogP) is 4.54. The van der Waals surface area contributed by atoms with Crippen LogP contribution in [0.3, 0.4) is 0 Å². The summed E-state index contributed by atoms with van der Waals surface area (Å²) in [6.07, 6.45) is 9.04. The van der Waals surface area contributed by atoms with E-state index in [4.69, 9.17) is 4.42 Å². The minimum Gasteiger partial charge on any atom is -0.472 e. The first-order valence-electron chi connectivity index (χ1n) is 7.26. The highest BCUT2D eigenvalue weighted by Gasteiger charge is 2.34. The number of furan rings is 1. The number of nitrogens with one attached hydrogen (secondary N) is 1. The lowest BCUT2D eigenvalue weighted by molar-refractivity contribution is 0.124. The molecule has 1 aliphatic rings. The van der Waals surface area contributed by atoms with Gasteiger partial charge in [-0.1, -0.05) is 33.6 Å². The summed E-state index contributed by atoms with van der Waals surface area (Å²) in [5.41, 5.74) is 1.65. The average molecular weight is 249 g/mol. The van der Waals surface area contributed by atoms with E-state index in [1.165, 1.54) is 31.2 Å². The lowest BCUT2D eigenvalue weighted by atomic mass is 9.69. The van der Waals surface area contributed by atoms with E-state index >= 15 is 0 Å². The minimum atomic E-state index is 0.386. The Morgan fingerprint density at radius 1 is 1.28 bits per heavy atom. The summed E-state index contributed by atoms with van der Waals surface area (Å²) in [4.78, 5) is 0. The summed E-state index contributed by atoms with van der Waals surface area (Å²) in [6, 6.07) is 3.09. The van der Waals surface area contributed by atoms with Gasteiger partial charge in [0.1, 0.15) is 0 Å². The van der Waals surface area contributed by atoms with Gasteiger partial charge in [-0.25, -0.2) is 0 Å². The van der Waals surface area contributed by atoms with Crippen molar-refractivity contribution in [3.8, 4) is 0 Å². The van der Waals surface area contributed by atoms with Gasteiger partial charge in [0.25, 0.3) is 0 Å². The molecule has 0 amide bonds. The van der Waals surface area contributed by atoms with Crippen LogP contribution in [0.25, 0.3) is 0 Å². The van der Waals surface area contributed by atoms with Gasteiger partial charge >= 0.3 is 0 Å². The summed E-state index contributed by atoms with van der Waals surface area (Å²) in [6.45, 7) is 9.36. The molecule has 0 radical (unpaired) electrons. The molecule has 1 aromatic heterocycles. The lowest BCUT2D eigenvalue weighted by Crippen LogP contribution is -2.45. The van der Waals surface area contributed by atoms with Crippen LogP contribution in [-0.4, -0.2) is 6.04 Å². The molecule has 0 bridgehead atoms. The number of rotatable bonds is 3. The Morgan fingerprint density at radius 2 is 2.00 bits per heavy atom. The van der Waals surface area contributed by atoms with E-state index in [1.807, 2.05) is 6.26 Å². The monoisotopic (exact) mass is 249 g/mol. The van der Waals surface area contributed by atoms with Crippen molar-refractivity contribution in [3.63, 3.8) is 0 Å². The zero-order valence-corrected chi connectivity index (χ0v) is 12.2. The van der Waals surface area contributed by atoms with E-state index in [2.05, 4.69) is 39.1 Å². The Bertz CT molecular complexity index is 350. The molecule has 1 aromatic rings. The molecule has 1 N–H and O–H groups in total. The first kappa shape index (κ1) is 13.7. The maximum atomic E-state index is 5.18. The zero-order chi connectivity index (χ0) is 13.2. The maximum Gasteiger partial charge on any atom is 0.0950 e. The largest absolute Gasteiger partial charge is 0.472 e. The van der Waals surface area contributed by atoms with Gasteiger partial charge in [0, 0.05) is 17.6 Å². The summed E-state index contributed by atoms with van der Waals surface area (Å²) < 4.78 is 5.18. The summed E-state index contributed by atoms with van der Waals surface area (Å²) >= 11 is 0. The molecule has 1 saturated carbocycles. The molecule has 2 rings (SSSR count). The Balaban J connectivity index is 2.01. The van der Waals surface area contributed by atoms with Crippen LogP contribution < -0.4 is 5.32 Å². The molecule has 1 heterocycles. The van der Waals surface area contributed by atoms with Crippen LogP contribution in [0.15, 0.2) is 23.0 Å². The molecule has 0 aliphatic heterocycles. The summed E-state index contributed by atoms with van der Waals surface area (Å²) in [5, 5.41) is 3.82. The van der Waals surface area contributed by atoms with Crippen LogP contribution >= 0.6 is 0 Å². The van der Waals surface area contributed by atoms with E-state index in [1.54, 1.807) is 6.26 Å². The average Bonchev–Trinajstić information content (AvgIpc) is 2.81. The molecule has 1 fully saturated rings. The van der Waals surface area contributed by atoms with Crippen molar-refractivity contribution in [2.24, 2.45) is 11.3 Å². The molecule has 1 aliphatic carbocycles. The second kappa shape index (κ2) is 5.48. The molecule has 2 heteroatoms. The second-order valence-electron chi connectivity index (χ2n) is 6.81. The van der Waals surface area contributed by atoms with E-state index in [9.17, 15) is 0 Å².